The lowest BCUT2D eigenvalue weighted by molar-refractivity contribution is -0.120. The van der Waals surface area contributed by atoms with Crippen molar-refractivity contribution in [2.24, 2.45) is 11.1 Å². The first-order valence-electron chi connectivity index (χ1n) is 5.82. The first-order chi connectivity index (χ1) is 8.14. The van der Waals surface area contributed by atoms with Crippen molar-refractivity contribution >= 4 is 0 Å². The monoisotopic (exact) mass is 237 g/mol. The van der Waals surface area contributed by atoms with Gasteiger partial charge in [0.1, 0.15) is 5.75 Å². The maximum absolute atomic E-state index is 9.78. The highest BCUT2D eigenvalue weighted by Crippen LogP contribution is 2.30. The summed E-state index contributed by atoms with van der Waals surface area (Å²) in [4.78, 5) is 0. The number of aliphatic hydroxyl groups excluding tert-OH is 1. The Kier molecular flexibility index (Phi) is 3.66. The van der Waals surface area contributed by atoms with E-state index in [1.165, 1.54) is 0 Å². The molecule has 1 aromatic rings. The third kappa shape index (κ3) is 2.77. The SMILES string of the molecule is CC1(COc2ccccc2C(O)CN)COC1. The summed E-state index contributed by atoms with van der Waals surface area (Å²) in [7, 11) is 0. The number of para-hydroxylation sites is 1. The summed E-state index contributed by atoms with van der Waals surface area (Å²) in [6, 6.07) is 7.46. The fourth-order valence-electron chi connectivity index (χ4n) is 1.80. The Morgan fingerprint density at radius 1 is 1.47 bits per heavy atom. The molecule has 4 heteroatoms. The fraction of sp³-hybridized carbons (Fsp3) is 0.538. The van der Waals surface area contributed by atoms with E-state index in [1.807, 2.05) is 24.3 Å². The third-order valence-electron chi connectivity index (χ3n) is 2.98. The van der Waals surface area contributed by atoms with Gasteiger partial charge >= 0.3 is 0 Å². The first kappa shape index (κ1) is 12.4. The molecule has 0 bridgehead atoms. The van der Waals surface area contributed by atoms with Crippen LogP contribution in [0.3, 0.4) is 0 Å². The van der Waals surface area contributed by atoms with E-state index >= 15 is 0 Å². The fourth-order valence-corrected chi connectivity index (χ4v) is 1.80. The number of hydrogen-bond donors (Lipinski definition) is 2. The smallest absolute Gasteiger partial charge is 0.125 e. The lowest BCUT2D eigenvalue weighted by Crippen LogP contribution is -2.44. The lowest BCUT2D eigenvalue weighted by Gasteiger charge is -2.37. The van der Waals surface area contributed by atoms with Crippen molar-refractivity contribution < 1.29 is 14.6 Å². The Bertz CT molecular complexity index is 377. The lowest BCUT2D eigenvalue weighted by atomic mass is 9.90. The Hall–Kier alpha value is -1.10. The zero-order valence-electron chi connectivity index (χ0n) is 10.1. The van der Waals surface area contributed by atoms with Gasteiger partial charge in [-0.1, -0.05) is 25.1 Å². The molecule has 3 N–H and O–H groups in total. The van der Waals surface area contributed by atoms with Crippen LogP contribution >= 0.6 is 0 Å². The highest BCUT2D eigenvalue weighted by molar-refractivity contribution is 5.35. The predicted molar refractivity (Wildman–Crippen MR) is 64.9 cm³/mol. The molecule has 1 aromatic carbocycles. The molecule has 1 atom stereocenters. The van der Waals surface area contributed by atoms with Crippen molar-refractivity contribution in [1.82, 2.24) is 0 Å². The Morgan fingerprint density at radius 3 is 2.76 bits per heavy atom. The van der Waals surface area contributed by atoms with Crippen molar-refractivity contribution in [3.05, 3.63) is 29.8 Å². The minimum Gasteiger partial charge on any atom is -0.492 e. The second kappa shape index (κ2) is 5.04. The number of nitrogens with two attached hydrogens (primary N) is 1. The van der Waals surface area contributed by atoms with Crippen molar-refractivity contribution in [2.45, 2.75) is 13.0 Å². The normalized spacial score (nSPS) is 19.5. The summed E-state index contributed by atoms with van der Waals surface area (Å²) in [5.74, 6) is 0.707. The summed E-state index contributed by atoms with van der Waals surface area (Å²) in [5.41, 5.74) is 6.31. The molecule has 1 saturated heterocycles. The van der Waals surface area contributed by atoms with E-state index in [0.29, 0.717) is 12.4 Å². The summed E-state index contributed by atoms with van der Waals surface area (Å²) >= 11 is 0. The van der Waals surface area contributed by atoms with Gasteiger partial charge in [0.2, 0.25) is 0 Å². The molecule has 1 fully saturated rings. The third-order valence-corrected chi connectivity index (χ3v) is 2.98. The minimum atomic E-state index is -0.670. The Morgan fingerprint density at radius 2 is 2.18 bits per heavy atom. The number of aliphatic hydroxyl groups is 1. The van der Waals surface area contributed by atoms with E-state index in [-0.39, 0.29) is 12.0 Å². The van der Waals surface area contributed by atoms with Crippen molar-refractivity contribution in [2.75, 3.05) is 26.4 Å². The van der Waals surface area contributed by atoms with E-state index in [4.69, 9.17) is 15.2 Å². The van der Waals surface area contributed by atoms with Crippen molar-refractivity contribution in [3.63, 3.8) is 0 Å². The van der Waals surface area contributed by atoms with Gasteiger partial charge in [-0.05, 0) is 6.07 Å². The van der Waals surface area contributed by atoms with E-state index in [1.54, 1.807) is 0 Å². The molecule has 0 radical (unpaired) electrons. The zero-order valence-corrected chi connectivity index (χ0v) is 10.1. The van der Waals surface area contributed by atoms with Gasteiger partial charge in [-0.25, -0.2) is 0 Å². The van der Waals surface area contributed by atoms with Crippen LogP contribution in [0.2, 0.25) is 0 Å². The molecule has 1 heterocycles. The highest BCUT2D eigenvalue weighted by Gasteiger charge is 2.34. The summed E-state index contributed by atoms with van der Waals surface area (Å²) in [6.45, 7) is 4.38. The van der Waals surface area contributed by atoms with Gasteiger partial charge in [0.25, 0.3) is 0 Å². The zero-order chi connectivity index (χ0) is 12.3. The maximum Gasteiger partial charge on any atom is 0.125 e. The summed E-state index contributed by atoms with van der Waals surface area (Å²) < 4.78 is 10.9. The van der Waals surface area contributed by atoms with Gasteiger partial charge in [-0.15, -0.1) is 0 Å². The molecular weight excluding hydrogens is 218 g/mol. The Labute approximate surface area is 101 Å². The van der Waals surface area contributed by atoms with Crippen LogP contribution in [0, 0.1) is 5.41 Å². The predicted octanol–water partition coefficient (Wildman–Crippen LogP) is 1.09. The molecule has 2 rings (SSSR count). The van der Waals surface area contributed by atoms with Gasteiger partial charge in [0.15, 0.2) is 0 Å². The van der Waals surface area contributed by atoms with E-state index < -0.39 is 6.10 Å². The van der Waals surface area contributed by atoms with Crippen LogP contribution < -0.4 is 10.5 Å². The molecule has 4 nitrogen and oxygen atoms in total. The quantitative estimate of drug-likeness (QED) is 0.804. The van der Waals surface area contributed by atoms with Crippen LogP contribution in [0.15, 0.2) is 24.3 Å². The Balaban J connectivity index is 2.04. The molecule has 0 aromatic heterocycles. The molecule has 0 spiro atoms. The molecule has 0 amide bonds. The highest BCUT2D eigenvalue weighted by atomic mass is 16.5. The van der Waals surface area contributed by atoms with Crippen LogP contribution in [0.25, 0.3) is 0 Å². The number of hydrogen-bond acceptors (Lipinski definition) is 4. The van der Waals surface area contributed by atoms with Gasteiger partial charge in [-0.3, -0.25) is 0 Å². The topological polar surface area (TPSA) is 64.7 Å². The molecule has 0 saturated carbocycles. The van der Waals surface area contributed by atoms with Crippen LogP contribution in [0.1, 0.15) is 18.6 Å². The number of ether oxygens (including phenoxy) is 2. The van der Waals surface area contributed by atoms with Crippen molar-refractivity contribution in [1.29, 1.82) is 0 Å². The van der Waals surface area contributed by atoms with E-state index in [9.17, 15) is 5.11 Å². The van der Waals surface area contributed by atoms with Gasteiger partial charge in [0.05, 0.1) is 25.9 Å². The van der Waals surface area contributed by atoms with Gasteiger partial charge in [-0.2, -0.15) is 0 Å². The van der Waals surface area contributed by atoms with Crippen LogP contribution in [-0.4, -0.2) is 31.5 Å². The second-order valence-electron chi connectivity index (χ2n) is 4.88. The summed E-state index contributed by atoms with van der Waals surface area (Å²) in [5, 5.41) is 9.78. The van der Waals surface area contributed by atoms with Crippen LogP contribution in [0.4, 0.5) is 0 Å². The van der Waals surface area contributed by atoms with Crippen LogP contribution in [-0.2, 0) is 4.74 Å². The molecule has 1 aliphatic rings. The maximum atomic E-state index is 9.78. The van der Waals surface area contributed by atoms with Crippen molar-refractivity contribution in [3.8, 4) is 5.75 Å². The average Bonchev–Trinajstić information content (AvgIpc) is 2.33. The molecular formula is C13H19NO3. The summed E-state index contributed by atoms with van der Waals surface area (Å²) in [6.07, 6.45) is -0.670. The molecule has 1 unspecified atom stereocenters. The molecule has 17 heavy (non-hydrogen) atoms. The minimum absolute atomic E-state index is 0.0980. The van der Waals surface area contributed by atoms with E-state index in [2.05, 4.69) is 6.92 Å². The first-order valence-corrected chi connectivity index (χ1v) is 5.82. The van der Waals surface area contributed by atoms with E-state index in [0.717, 1.165) is 18.8 Å². The molecule has 94 valence electrons. The number of rotatable bonds is 5. The number of benzene rings is 1. The van der Waals surface area contributed by atoms with Crippen LogP contribution in [0.5, 0.6) is 5.75 Å². The standard InChI is InChI=1S/C13H19NO3/c1-13(7-16-8-13)9-17-12-5-3-2-4-10(12)11(15)6-14/h2-5,11,15H,6-9,14H2,1H3. The average molecular weight is 237 g/mol. The van der Waals surface area contributed by atoms with Gasteiger partial charge < -0.3 is 20.3 Å². The largest absolute Gasteiger partial charge is 0.492 e. The molecule has 0 aliphatic carbocycles. The second-order valence-corrected chi connectivity index (χ2v) is 4.88. The molecule has 1 aliphatic heterocycles. The van der Waals surface area contributed by atoms with Gasteiger partial charge in [0, 0.05) is 17.5 Å².